The molecule has 0 aliphatic rings. The Hall–Kier alpha value is -2.84. The third kappa shape index (κ3) is 6.23. The summed E-state index contributed by atoms with van der Waals surface area (Å²) < 4.78 is 43.2. The van der Waals surface area contributed by atoms with Crippen LogP contribution in [0.4, 0.5) is 18.9 Å². The number of halogens is 3. The molecule has 0 unspecified atom stereocenters. The number of nitrogens with zero attached hydrogens (tertiary/aromatic N) is 2. The van der Waals surface area contributed by atoms with E-state index in [1.807, 2.05) is 13.8 Å². The highest BCUT2D eigenvalue weighted by Gasteiger charge is 2.30. The molecule has 0 spiro atoms. The zero-order valence-corrected chi connectivity index (χ0v) is 14.4. The largest absolute Gasteiger partial charge is 0.493 e. The van der Waals surface area contributed by atoms with Gasteiger partial charge in [-0.2, -0.15) is 13.2 Å². The van der Waals surface area contributed by atoms with Crippen LogP contribution < -0.4 is 15.4 Å². The van der Waals surface area contributed by atoms with Crippen molar-refractivity contribution in [2.45, 2.75) is 20.0 Å². The Balaban J connectivity index is 1.80. The molecule has 0 bridgehead atoms. The van der Waals surface area contributed by atoms with Crippen LogP contribution in [0.1, 0.15) is 19.4 Å². The van der Waals surface area contributed by atoms with E-state index < -0.39 is 11.7 Å². The first kappa shape index (κ1) is 19.5. The molecule has 2 rings (SSSR count). The lowest BCUT2D eigenvalue weighted by molar-refractivity contribution is -0.137. The number of aromatic nitrogens is 2. The molecule has 0 aliphatic heterocycles. The van der Waals surface area contributed by atoms with Crippen molar-refractivity contribution in [3.63, 3.8) is 0 Å². The molecular formula is C17H20F3N5O. The predicted octanol–water partition coefficient (Wildman–Crippen LogP) is 3.54. The molecule has 140 valence electrons. The Labute approximate surface area is 149 Å². The van der Waals surface area contributed by atoms with E-state index in [1.54, 1.807) is 12.4 Å². The maximum atomic E-state index is 12.5. The zero-order chi connectivity index (χ0) is 19.2. The molecule has 2 aromatic rings. The van der Waals surface area contributed by atoms with Gasteiger partial charge in [0, 0.05) is 12.0 Å². The third-order valence-corrected chi connectivity index (χ3v) is 3.38. The van der Waals surface area contributed by atoms with Gasteiger partial charge in [-0.3, -0.25) is 5.41 Å². The van der Waals surface area contributed by atoms with Crippen molar-refractivity contribution in [3.05, 3.63) is 48.5 Å². The minimum Gasteiger partial charge on any atom is -0.493 e. The van der Waals surface area contributed by atoms with E-state index in [1.165, 1.54) is 18.5 Å². The van der Waals surface area contributed by atoms with E-state index in [9.17, 15) is 13.2 Å². The minimum atomic E-state index is -4.36. The number of alkyl halides is 3. The normalized spacial score (nSPS) is 11.7. The van der Waals surface area contributed by atoms with Crippen LogP contribution >= 0.6 is 0 Å². The molecule has 0 saturated heterocycles. The van der Waals surface area contributed by atoms with Crippen LogP contribution in [-0.2, 0) is 6.18 Å². The van der Waals surface area contributed by atoms with Gasteiger partial charge in [0.15, 0.2) is 5.96 Å². The first-order chi connectivity index (χ1) is 12.2. The smallest absolute Gasteiger partial charge is 0.416 e. The summed E-state index contributed by atoms with van der Waals surface area (Å²) in [5, 5.41) is 13.6. The fourth-order valence-electron chi connectivity index (χ4n) is 1.95. The quantitative estimate of drug-likeness (QED) is 0.537. The maximum absolute atomic E-state index is 12.5. The van der Waals surface area contributed by atoms with E-state index in [2.05, 4.69) is 20.6 Å². The van der Waals surface area contributed by atoms with Gasteiger partial charge in [-0.05, 0) is 24.3 Å². The average molecular weight is 367 g/mol. The summed E-state index contributed by atoms with van der Waals surface area (Å²) in [6, 6.07) is 4.57. The molecule has 3 N–H and O–H groups in total. The first-order valence-electron chi connectivity index (χ1n) is 7.80. The third-order valence-electron chi connectivity index (χ3n) is 3.38. The molecule has 1 aromatic carbocycles. The molecule has 0 amide bonds. The molecular weight excluding hydrogens is 347 g/mol. The minimum absolute atomic E-state index is 0.0856. The van der Waals surface area contributed by atoms with Gasteiger partial charge < -0.3 is 15.4 Å². The second-order valence-electron chi connectivity index (χ2n) is 6.46. The van der Waals surface area contributed by atoms with E-state index >= 15 is 0 Å². The Kier molecular flexibility index (Phi) is 6.01. The van der Waals surface area contributed by atoms with E-state index in [0.29, 0.717) is 18.0 Å². The number of benzene rings is 1. The Morgan fingerprint density at radius 2 is 1.73 bits per heavy atom. The molecule has 26 heavy (non-hydrogen) atoms. The van der Waals surface area contributed by atoms with Crippen molar-refractivity contribution in [2.75, 3.05) is 18.5 Å². The summed E-state index contributed by atoms with van der Waals surface area (Å²) in [5.41, 5.74) is -0.483. The van der Waals surface area contributed by atoms with Gasteiger partial charge in [0.1, 0.15) is 12.1 Å². The molecule has 0 aliphatic carbocycles. The molecule has 6 nitrogen and oxygen atoms in total. The second-order valence-corrected chi connectivity index (χ2v) is 6.46. The summed E-state index contributed by atoms with van der Waals surface area (Å²) in [5.74, 6) is 0.447. The van der Waals surface area contributed by atoms with Crippen molar-refractivity contribution in [1.29, 1.82) is 5.41 Å². The van der Waals surface area contributed by atoms with Crippen molar-refractivity contribution in [2.24, 2.45) is 5.41 Å². The van der Waals surface area contributed by atoms with Gasteiger partial charge in [0.05, 0.1) is 30.3 Å². The van der Waals surface area contributed by atoms with Gasteiger partial charge in [-0.15, -0.1) is 0 Å². The lowest BCUT2D eigenvalue weighted by Crippen LogP contribution is -2.40. The summed E-state index contributed by atoms with van der Waals surface area (Å²) >= 11 is 0. The number of ether oxygens (including phenoxy) is 1. The predicted molar refractivity (Wildman–Crippen MR) is 92.1 cm³/mol. The monoisotopic (exact) mass is 367 g/mol. The topological polar surface area (TPSA) is 82.9 Å². The summed E-state index contributed by atoms with van der Waals surface area (Å²) in [7, 11) is 0. The maximum Gasteiger partial charge on any atom is 0.416 e. The van der Waals surface area contributed by atoms with Crippen LogP contribution in [-0.4, -0.2) is 29.1 Å². The number of anilines is 1. The highest BCUT2D eigenvalue weighted by molar-refractivity contribution is 5.90. The van der Waals surface area contributed by atoms with Crippen LogP contribution in [0.25, 0.3) is 0 Å². The molecule has 0 radical (unpaired) electrons. The van der Waals surface area contributed by atoms with Crippen LogP contribution in [0, 0.1) is 10.8 Å². The van der Waals surface area contributed by atoms with E-state index in [4.69, 9.17) is 10.1 Å². The van der Waals surface area contributed by atoms with Gasteiger partial charge in [-0.25, -0.2) is 9.97 Å². The van der Waals surface area contributed by atoms with Gasteiger partial charge in [-0.1, -0.05) is 13.8 Å². The molecule has 0 saturated carbocycles. The molecule has 0 atom stereocenters. The summed E-state index contributed by atoms with van der Waals surface area (Å²) in [6.45, 7) is 4.53. The first-order valence-corrected chi connectivity index (χ1v) is 7.80. The van der Waals surface area contributed by atoms with Crippen LogP contribution in [0.2, 0.25) is 0 Å². The average Bonchev–Trinajstić information content (AvgIpc) is 2.59. The molecule has 1 heterocycles. The van der Waals surface area contributed by atoms with E-state index in [0.717, 1.165) is 12.1 Å². The number of hydrogen-bond donors (Lipinski definition) is 3. The molecule has 0 fully saturated rings. The van der Waals surface area contributed by atoms with Crippen LogP contribution in [0.3, 0.4) is 0 Å². The lowest BCUT2D eigenvalue weighted by atomic mass is 9.95. The number of rotatable bonds is 6. The summed E-state index contributed by atoms with van der Waals surface area (Å²) in [6.07, 6.45) is 0.118. The van der Waals surface area contributed by atoms with Crippen molar-refractivity contribution in [1.82, 2.24) is 15.3 Å². The molecule has 9 heteroatoms. The second kappa shape index (κ2) is 8.03. The van der Waals surface area contributed by atoms with Gasteiger partial charge in [0.25, 0.3) is 0 Å². The van der Waals surface area contributed by atoms with Crippen molar-refractivity contribution < 1.29 is 17.9 Å². The van der Waals surface area contributed by atoms with Gasteiger partial charge in [0.2, 0.25) is 0 Å². The zero-order valence-electron chi connectivity index (χ0n) is 14.4. The number of nitrogens with one attached hydrogen (secondary N) is 3. The Bertz CT molecular complexity index is 717. The van der Waals surface area contributed by atoms with Crippen molar-refractivity contribution in [3.8, 4) is 5.75 Å². The number of guanidine groups is 1. The van der Waals surface area contributed by atoms with Crippen molar-refractivity contribution >= 4 is 11.6 Å². The Morgan fingerprint density at radius 1 is 1.12 bits per heavy atom. The summed E-state index contributed by atoms with van der Waals surface area (Å²) in [4.78, 5) is 7.68. The number of hydrogen-bond acceptors (Lipinski definition) is 4. The standard InChI is InChI=1S/C17H20F3N5O/c1-16(2,9-24-15(21)25-13-7-22-11-23-8-13)10-26-14-5-3-12(4-6-14)17(18,19)20/h3-8,11H,9-10H2,1-2H3,(H3,21,24,25). The lowest BCUT2D eigenvalue weighted by Gasteiger charge is -2.26. The fourth-order valence-corrected chi connectivity index (χ4v) is 1.95. The van der Waals surface area contributed by atoms with Crippen LogP contribution in [0.5, 0.6) is 5.75 Å². The fraction of sp³-hybridized carbons (Fsp3) is 0.353. The highest BCUT2D eigenvalue weighted by Crippen LogP contribution is 2.30. The SMILES string of the molecule is CC(C)(CNC(=N)Nc1cncnc1)COc1ccc(C(F)(F)F)cc1. The van der Waals surface area contributed by atoms with Gasteiger partial charge >= 0.3 is 6.18 Å². The van der Waals surface area contributed by atoms with E-state index in [-0.39, 0.29) is 18.0 Å². The highest BCUT2D eigenvalue weighted by atomic mass is 19.4. The Morgan fingerprint density at radius 3 is 2.31 bits per heavy atom. The molecule has 1 aromatic heterocycles. The van der Waals surface area contributed by atoms with Crippen LogP contribution in [0.15, 0.2) is 43.0 Å².